The molecule has 0 spiro atoms. The minimum atomic E-state index is 0.120. The summed E-state index contributed by atoms with van der Waals surface area (Å²) in [5.41, 5.74) is 1.20. The van der Waals surface area contributed by atoms with Gasteiger partial charge in [-0.2, -0.15) is 0 Å². The van der Waals surface area contributed by atoms with E-state index in [1.165, 1.54) is 10.6 Å². The Balaban J connectivity index is 2.70. The SMILES string of the molecule is CC1=CC(C)N(O)C=C1. The zero-order valence-corrected chi connectivity index (χ0v) is 5.70. The van der Waals surface area contributed by atoms with E-state index in [1.807, 2.05) is 26.0 Å². The predicted octanol–water partition coefficient (Wildman–Crippen LogP) is 1.54. The first-order chi connectivity index (χ1) is 4.20. The third-order valence-electron chi connectivity index (χ3n) is 1.41. The standard InChI is InChI=1S/C7H11NO/c1-6-3-4-8(9)7(2)5-6/h3-5,7,9H,1-2H3. The van der Waals surface area contributed by atoms with Gasteiger partial charge in [-0.25, -0.2) is 0 Å². The lowest BCUT2D eigenvalue weighted by atomic mass is 10.1. The third kappa shape index (κ3) is 1.33. The first kappa shape index (κ1) is 6.36. The van der Waals surface area contributed by atoms with Crippen molar-refractivity contribution in [3.05, 3.63) is 23.9 Å². The van der Waals surface area contributed by atoms with Crippen LogP contribution in [-0.4, -0.2) is 16.3 Å². The smallest absolute Gasteiger partial charge is 0.0714 e. The molecule has 0 bridgehead atoms. The molecule has 1 N–H and O–H groups in total. The lowest BCUT2D eigenvalue weighted by Crippen LogP contribution is -2.24. The molecule has 2 nitrogen and oxygen atoms in total. The Morgan fingerprint density at radius 1 is 1.67 bits per heavy atom. The summed E-state index contributed by atoms with van der Waals surface area (Å²) in [4.78, 5) is 0. The molecule has 0 aliphatic carbocycles. The topological polar surface area (TPSA) is 23.5 Å². The molecule has 0 aromatic heterocycles. The molecule has 1 rings (SSSR count). The lowest BCUT2D eigenvalue weighted by molar-refractivity contribution is -0.0607. The van der Waals surface area contributed by atoms with Crippen LogP contribution >= 0.6 is 0 Å². The zero-order valence-electron chi connectivity index (χ0n) is 5.70. The highest BCUT2D eigenvalue weighted by atomic mass is 16.5. The van der Waals surface area contributed by atoms with Crippen LogP contribution in [0.4, 0.5) is 0 Å². The zero-order chi connectivity index (χ0) is 6.85. The summed E-state index contributed by atoms with van der Waals surface area (Å²) in [6, 6.07) is 0.120. The van der Waals surface area contributed by atoms with E-state index in [0.29, 0.717) is 0 Å². The summed E-state index contributed by atoms with van der Waals surface area (Å²) in [5, 5.41) is 10.2. The van der Waals surface area contributed by atoms with Gasteiger partial charge < -0.3 is 0 Å². The number of rotatable bonds is 0. The number of allylic oxidation sites excluding steroid dienone is 2. The molecule has 1 aliphatic rings. The lowest BCUT2D eigenvalue weighted by Gasteiger charge is -2.21. The van der Waals surface area contributed by atoms with E-state index in [1.54, 1.807) is 6.20 Å². The fraction of sp³-hybridized carbons (Fsp3) is 0.429. The average molecular weight is 125 g/mol. The Kier molecular flexibility index (Phi) is 1.58. The number of hydroxylamine groups is 2. The van der Waals surface area contributed by atoms with Gasteiger partial charge in [0.15, 0.2) is 0 Å². The van der Waals surface area contributed by atoms with Crippen LogP contribution in [-0.2, 0) is 0 Å². The van der Waals surface area contributed by atoms with E-state index in [-0.39, 0.29) is 6.04 Å². The van der Waals surface area contributed by atoms with E-state index in [2.05, 4.69) is 0 Å². The van der Waals surface area contributed by atoms with Crippen LogP contribution < -0.4 is 0 Å². The second-order valence-corrected chi connectivity index (χ2v) is 2.35. The van der Waals surface area contributed by atoms with Crippen molar-refractivity contribution >= 4 is 0 Å². The van der Waals surface area contributed by atoms with Gasteiger partial charge in [-0.1, -0.05) is 11.6 Å². The molecule has 50 valence electrons. The molecule has 0 saturated carbocycles. The van der Waals surface area contributed by atoms with Crippen LogP contribution in [0.3, 0.4) is 0 Å². The molecular weight excluding hydrogens is 114 g/mol. The molecule has 0 saturated heterocycles. The van der Waals surface area contributed by atoms with Crippen LogP contribution in [0.1, 0.15) is 13.8 Å². The van der Waals surface area contributed by atoms with Gasteiger partial charge in [0, 0.05) is 6.20 Å². The number of nitrogens with zero attached hydrogens (tertiary/aromatic N) is 1. The molecule has 0 fully saturated rings. The second-order valence-electron chi connectivity index (χ2n) is 2.35. The van der Waals surface area contributed by atoms with Crippen molar-refractivity contribution in [1.29, 1.82) is 0 Å². The van der Waals surface area contributed by atoms with Crippen molar-refractivity contribution in [2.24, 2.45) is 0 Å². The first-order valence-corrected chi connectivity index (χ1v) is 3.04. The predicted molar refractivity (Wildman–Crippen MR) is 36.0 cm³/mol. The van der Waals surface area contributed by atoms with E-state index in [4.69, 9.17) is 5.21 Å². The average Bonchev–Trinajstić information content (AvgIpc) is 1.80. The van der Waals surface area contributed by atoms with Crippen molar-refractivity contribution in [2.75, 3.05) is 0 Å². The largest absolute Gasteiger partial charge is 0.288 e. The van der Waals surface area contributed by atoms with Crippen molar-refractivity contribution in [2.45, 2.75) is 19.9 Å². The van der Waals surface area contributed by atoms with Gasteiger partial charge in [0.1, 0.15) is 0 Å². The molecule has 1 atom stereocenters. The van der Waals surface area contributed by atoms with E-state index < -0.39 is 0 Å². The summed E-state index contributed by atoms with van der Waals surface area (Å²) < 4.78 is 0. The summed E-state index contributed by atoms with van der Waals surface area (Å²) in [6.45, 7) is 3.95. The molecular formula is C7H11NO. The summed E-state index contributed by atoms with van der Waals surface area (Å²) >= 11 is 0. The van der Waals surface area contributed by atoms with Gasteiger partial charge in [-0.05, 0) is 19.9 Å². The van der Waals surface area contributed by atoms with E-state index in [9.17, 15) is 0 Å². The highest BCUT2D eigenvalue weighted by Gasteiger charge is 2.06. The van der Waals surface area contributed by atoms with Crippen molar-refractivity contribution in [1.82, 2.24) is 5.06 Å². The maximum atomic E-state index is 9.00. The minimum Gasteiger partial charge on any atom is -0.288 e. The Bertz CT molecular complexity index is 160. The van der Waals surface area contributed by atoms with Gasteiger partial charge in [-0.3, -0.25) is 10.3 Å². The monoisotopic (exact) mass is 125 g/mol. The number of hydrogen-bond acceptors (Lipinski definition) is 2. The Labute approximate surface area is 55.1 Å². The van der Waals surface area contributed by atoms with Crippen molar-refractivity contribution < 1.29 is 5.21 Å². The molecule has 0 aromatic carbocycles. The fourth-order valence-electron chi connectivity index (χ4n) is 0.842. The summed E-state index contributed by atoms with van der Waals surface area (Å²) in [5.74, 6) is 0. The molecule has 1 heterocycles. The number of hydrogen-bond donors (Lipinski definition) is 1. The molecule has 2 heteroatoms. The molecule has 9 heavy (non-hydrogen) atoms. The summed E-state index contributed by atoms with van der Waals surface area (Å²) in [6.07, 6.45) is 5.54. The van der Waals surface area contributed by atoms with Gasteiger partial charge in [0.05, 0.1) is 6.04 Å². The highest BCUT2D eigenvalue weighted by molar-refractivity contribution is 5.21. The van der Waals surface area contributed by atoms with Crippen LogP contribution in [0, 0.1) is 0 Å². The molecule has 1 unspecified atom stereocenters. The maximum Gasteiger partial charge on any atom is 0.0714 e. The minimum absolute atomic E-state index is 0.120. The molecule has 0 radical (unpaired) electrons. The van der Waals surface area contributed by atoms with Crippen LogP contribution in [0.5, 0.6) is 0 Å². The summed E-state index contributed by atoms with van der Waals surface area (Å²) in [7, 11) is 0. The quantitative estimate of drug-likeness (QED) is 0.530. The molecule has 1 aliphatic heterocycles. The van der Waals surface area contributed by atoms with Crippen molar-refractivity contribution in [3.63, 3.8) is 0 Å². The van der Waals surface area contributed by atoms with E-state index in [0.717, 1.165) is 0 Å². The Hall–Kier alpha value is -0.760. The molecule has 0 aromatic rings. The third-order valence-corrected chi connectivity index (χ3v) is 1.41. The first-order valence-electron chi connectivity index (χ1n) is 3.04. The Morgan fingerprint density at radius 3 is 2.78 bits per heavy atom. The van der Waals surface area contributed by atoms with Crippen molar-refractivity contribution in [3.8, 4) is 0 Å². The van der Waals surface area contributed by atoms with Gasteiger partial charge in [-0.15, -0.1) is 0 Å². The van der Waals surface area contributed by atoms with E-state index >= 15 is 0 Å². The van der Waals surface area contributed by atoms with Crippen LogP contribution in [0.25, 0.3) is 0 Å². The van der Waals surface area contributed by atoms with Crippen LogP contribution in [0.15, 0.2) is 23.9 Å². The second kappa shape index (κ2) is 2.23. The van der Waals surface area contributed by atoms with Crippen LogP contribution in [0.2, 0.25) is 0 Å². The fourth-order valence-corrected chi connectivity index (χ4v) is 0.842. The van der Waals surface area contributed by atoms with Gasteiger partial charge in [0.25, 0.3) is 0 Å². The normalized spacial score (nSPS) is 26.3. The highest BCUT2D eigenvalue weighted by Crippen LogP contribution is 2.09. The Morgan fingerprint density at radius 2 is 2.33 bits per heavy atom. The molecule has 0 amide bonds. The maximum absolute atomic E-state index is 9.00. The van der Waals surface area contributed by atoms with Gasteiger partial charge in [0.2, 0.25) is 0 Å². The van der Waals surface area contributed by atoms with Gasteiger partial charge >= 0.3 is 0 Å².